The molecule has 11 heteroatoms. The molecule has 2 aromatic rings. The fourth-order valence-corrected chi connectivity index (χ4v) is 3.75. The van der Waals surface area contributed by atoms with E-state index >= 15 is 0 Å². The number of rotatable bonds is 6. The number of hydrazine groups is 1. The highest BCUT2D eigenvalue weighted by Crippen LogP contribution is 2.23. The molecular formula is C21H18BrCl2N3O5. The Morgan fingerprint density at radius 3 is 2.62 bits per heavy atom. The molecule has 0 aliphatic carbocycles. The van der Waals surface area contributed by atoms with Gasteiger partial charge in [-0.2, -0.15) is 0 Å². The Morgan fingerprint density at radius 2 is 1.94 bits per heavy atom. The Balaban J connectivity index is 1.50. The number of nitrogens with one attached hydrogen (secondary N) is 2. The minimum atomic E-state index is -0.814. The molecule has 2 aromatic carbocycles. The molecule has 168 valence electrons. The summed E-state index contributed by atoms with van der Waals surface area (Å²) in [7, 11) is 0. The summed E-state index contributed by atoms with van der Waals surface area (Å²) in [5.74, 6) is -3.10. The van der Waals surface area contributed by atoms with E-state index in [0.717, 1.165) is 15.0 Å². The van der Waals surface area contributed by atoms with Crippen molar-refractivity contribution >= 4 is 68.5 Å². The van der Waals surface area contributed by atoms with Crippen molar-refractivity contribution in [3.63, 3.8) is 0 Å². The number of halogens is 3. The minimum absolute atomic E-state index is 0.0812. The lowest BCUT2D eigenvalue weighted by molar-refractivity contribution is -0.151. The SMILES string of the molecule is Cc1cc(NC(=O)COC(=O)[C@H]2CC(=O)N(NC(=O)c3ccc(Cl)cc3Cl)C2)ccc1Br. The largest absolute Gasteiger partial charge is 0.455 e. The van der Waals surface area contributed by atoms with Gasteiger partial charge in [0.1, 0.15) is 0 Å². The van der Waals surface area contributed by atoms with Crippen LogP contribution in [0.4, 0.5) is 5.69 Å². The highest BCUT2D eigenvalue weighted by atomic mass is 79.9. The van der Waals surface area contributed by atoms with E-state index in [2.05, 4.69) is 26.7 Å². The van der Waals surface area contributed by atoms with Crippen molar-refractivity contribution < 1.29 is 23.9 Å². The fraction of sp³-hybridized carbons (Fsp3) is 0.238. The van der Waals surface area contributed by atoms with E-state index in [-0.39, 0.29) is 23.6 Å². The van der Waals surface area contributed by atoms with Crippen LogP contribution in [0.5, 0.6) is 0 Å². The smallest absolute Gasteiger partial charge is 0.311 e. The molecule has 0 spiro atoms. The van der Waals surface area contributed by atoms with E-state index in [1.165, 1.54) is 18.2 Å². The number of benzene rings is 2. The second-order valence-corrected chi connectivity index (χ2v) is 8.79. The number of carbonyl (C=O) groups excluding carboxylic acids is 4. The van der Waals surface area contributed by atoms with Crippen molar-refractivity contribution in [2.45, 2.75) is 13.3 Å². The van der Waals surface area contributed by atoms with Gasteiger partial charge in [-0.25, -0.2) is 0 Å². The highest BCUT2D eigenvalue weighted by Gasteiger charge is 2.37. The van der Waals surface area contributed by atoms with E-state index in [0.29, 0.717) is 10.7 Å². The first-order valence-electron chi connectivity index (χ1n) is 9.43. The monoisotopic (exact) mass is 541 g/mol. The van der Waals surface area contributed by atoms with Crippen LogP contribution in [-0.4, -0.2) is 41.9 Å². The normalized spacial score (nSPS) is 15.4. The van der Waals surface area contributed by atoms with Crippen molar-refractivity contribution in [2.75, 3.05) is 18.5 Å². The van der Waals surface area contributed by atoms with Crippen LogP contribution in [0.1, 0.15) is 22.3 Å². The predicted molar refractivity (Wildman–Crippen MR) is 122 cm³/mol. The van der Waals surface area contributed by atoms with Crippen LogP contribution in [0, 0.1) is 12.8 Å². The molecule has 1 heterocycles. The Bertz CT molecular complexity index is 1100. The summed E-state index contributed by atoms with van der Waals surface area (Å²) in [6.07, 6.45) is -0.152. The van der Waals surface area contributed by atoms with E-state index in [9.17, 15) is 19.2 Å². The average Bonchev–Trinajstić information content (AvgIpc) is 3.09. The summed E-state index contributed by atoms with van der Waals surface area (Å²) in [6.45, 7) is 1.30. The van der Waals surface area contributed by atoms with Crippen LogP contribution in [-0.2, 0) is 19.1 Å². The van der Waals surface area contributed by atoms with Gasteiger partial charge >= 0.3 is 5.97 Å². The van der Waals surface area contributed by atoms with Crippen LogP contribution < -0.4 is 10.7 Å². The number of nitrogens with zero attached hydrogens (tertiary/aromatic N) is 1. The molecular weight excluding hydrogens is 525 g/mol. The van der Waals surface area contributed by atoms with Crippen molar-refractivity contribution in [2.24, 2.45) is 5.92 Å². The third-order valence-electron chi connectivity index (χ3n) is 4.66. The van der Waals surface area contributed by atoms with Gasteiger partial charge in [0.2, 0.25) is 5.91 Å². The molecule has 8 nitrogen and oxygen atoms in total. The lowest BCUT2D eigenvalue weighted by Crippen LogP contribution is -2.43. The maximum atomic E-state index is 12.4. The standard InChI is InChI=1S/C21H18BrCl2N3O5/c1-11-6-14(3-5-16(11)22)25-18(28)10-32-21(31)12-7-19(29)27(9-12)26-20(30)15-4-2-13(23)8-17(15)24/h2-6,8,12H,7,9-10H2,1H3,(H,25,28)(H,26,30)/t12-/m0/s1. The molecule has 0 unspecified atom stereocenters. The summed E-state index contributed by atoms with van der Waals surface area (Å²) in [6, 6.07) is 9.60. The fourth-order valence-electron chi connectivity index (χ4n) is 3.00. The molecule has 0 radical (unpaired) electrons. The molecule has 3 amide bonds. The van der Waals surface area contributed by atoms with Gasteiger partial charge < -0.3 is 10.1 Å². The topological polar surface area (TPSA) is 105 Å². The number of hydrogen-bond donors (Lipinski definition) is 2. The Labute approximate surface area is 202 Å². The molecule has 32 heavy (non-hydrogen) atoms. The zero-order valence-electron chi connectivity index (χ0n) is 16.8. The van der Waals surface area contributed by atoms with Gasteiger partial charge in [0.25, 0.3) is 11.8 Å². The van der Waals surface area contributed by atoms with E-state index < -0.39 is 36.2 Å². The van der Waals surface area contributed by atoms with Crippen molar-refractivity contribution in [1.29, 1.82) is 0 Å². The zero-order chi connectivity index (χ0) is 23.4. The number of amides is 3. The number of carbonyl (C=O) groups is 4. The lowest BCUT2D eigenvalue weighted by Gasteiger charge is -2.18. The molecule has 1 saturated heterocycles. The number of esters is 1. The zero-order valence-corrected chi connectivity index (χ0v) is 19.9. The van der Waals surface area contributed by atoms with Crippen molar-refractivity contribution in [3.8, 4) is 0 Å². The van der Waals surface area contributed by atoms with Crippen molar-refractivity contribution in [1.82, 2.24) is 10.4 Å². The number of aryl methyl sites for hydroxylation is 1. The molecule has 1 aliphatic rings. The predicted octanol–water partition coefficient (Wildman–Crippen LogP) is 3.74. The van der Waals surface area contributed by atoms with Crippen LogP contribution in [0.3, 0.4) is 0 Å². The van der Waals surface area contributed by atoms with Crippen molar-refractivity contribution in [3.05, 3.63) is 62.0 Å². The molecule has 1 fully saturated rings. The van der Waals surface area contributed by atoms with Gasteiger partial charge in [-0.1, -0.05) is 39.1 Å². The quantitative estimate of drug-likeness (QED) is 0.541. The molecule has 0 bridgehead atoms. The Hall–Kier alpha value is -2.62. The summed E-state index contributed by atoms with van der Waals surface area (Å²) in [5.41, 5.74) is 4.06. The molecule has 3 rings (SSSR count). The maximum Gasteiger partial charge on any atom is 0.311 e. The van der Waals surface area contributed by atoms with Gasteiger partial charge in [-0.15, -0.1) is 0 Å². The van der Waals surface area contributed by atoms with Crippen LogP contribution in [0.15, 0.2) is 40.9 Å². The van der Waals surface area contributed by atoms with Crippen LogP contribution in [0.25, 0.3) is 0 Å². The number of anilines is 1. The highest BCUT2D eigenvalue weighted by molar-refractivity contribution is 9.10. The third kappa shape index (κ3) is 5.99. The maximum absolute atomic E-state index is 12.4. The van der Waals surface area contributed by atoms with Crippen LogP contribution >= 0.6 is 39.1 Å². The summed E-state index contributed by atoms with van der Waals surface area (Å²) < 4.78 is 5.95. The van der Waals surface area contributed by atoms with E-state index in [1.807, 2.05) is 6.92 Å². The lowest BCUT2D eigenvalue weighted by atomic mass is 10.1. The van der Waals surface area contributed by atoms with Gasteiger partial charge in [-0.3, -0.25) is 29.6 Å². The summed E-state index contributed by atoms with van der Waals surface area (Å²) >= 11 is 15.2. The first-order chi connectivity index (χ1) is 15.1. The van der Waals surface area contributed by atoms with Gasteiger partial charge in [-0.05, 0) is 48.9 Å². The van der Waals surface area contributed by atoms with Gasteiger partial charge in [0, 0.05) is 21.6 Å². The van der Waals surface area contributed by atoms with E-state index in [4.69, 9.17) is 27.9 Å². The Morgan fingerprint density at radius 1 is 1.19 bits per heavy atom. The van der Waals surface area contributed by atoms with E-state index in [1.54, 1.807) is 18.2 Å². The number of ether oxygens (including phenoxy) is 1. The minimum Gasteiger partial charge on any atom is -0.455 e. The molecule has 0 aromatic heterocycles. The second-order valence-electron chi connectivity index (χ2n) is 7.09. The first-order valence-corrected chi connectivity index (χ1v) is 11.0. The molecule has 1 atom stereocenters. The number of hydrogen-bond acceptors (Lipinski definition) is 5. The second kappa shape index (κ2) is 10.3. The summed E-state index contributed by atoms with van der Waals surface area (Å²) in [4.78, 5) is 48.9. The Kier molecular flexibility index (Phi) is 7.76. The van der Waals surface area contributed by atoms with Gasteiger partial charge in [0.15, 0.2) is 6.61 Å². The average molecular weight is 543 g/mol. The molecule has 0 saturated carbocycles. The molecule has 2 N–H and O–H groups in total. The van der Waals surface area contributed by atoms with Gasteiger partial charge in [0.05, 0.1) is 23.0 Å². The molecule has 1 aliphatic heterocycles. The first kappa shape index (κ1) is 24.0. The third-order valence-corrected chi connectivity index (χ3v) is 6.10. The summed E-state index contributed by atoms with van der Waals surface area (Å²) in [5, 5.41) is 4.16. The van der Waals surface area contributed by atoms with Crippen LogP contribution in [0.2, 0.25) is 10.0 Å².